The van der Waals surface area contributed by atoms with Crippen molar-refractivity contribution in [3.05, 3.63) is 84.2 Å². The number of carbonyl (C=O) groups excluding carboxylic acids is 1. The fourth-order valence-electron chi connectivity index (χ4n) is 6.59. The van der Waals surface area contributed by atoms with Gasteiger partial charge in [-0.1, -0.05) is 24.6 Å². The molecule has 2 aliphatic heterocycles. The molecule has 10 heteroatoms. The van der Waals surface area contributed by atoms with Crippen LogP contribution in [0.4, 0.5) is 11.6 Å². The van der Waals surface area contributed by atoms with Crippen LogP contribution in [0.2, 0.25) is 0 Å². The first-order chi connectivity index (χ1) is 21.9. The number of hydrogen-bond acceptors (Lipinski definition) is 9. The van der Waals surface area contributed by atoms with Crippen LogP contribution in [0.3, 0.4) is 0 Å². The van der Waals surface area contributed by atoms with Crippen molar-refractivity contribution < 1.29 is 9.53 Å². The predicted octanol–water partition coefficient (Wildman–Crippen LogP) is 7.10. The van der Waals surface area contributed by atoms with Gasteiger partial charge in [-0.3, -0.25) is 14.5 Å². The number of anilines is 2. The third kappa shape index (κ3) is 6.61. The number of carbonyl (C=O) groups is 1. The Balaban J connectivity index is 1.22. The number of ether oxygens (including phenoxy) is 1. The van der Waals surface area contributed by atoms with E-state index in [1.54, 1.807) is 0 Å². The molecule has 1 aliphatic carbocycles. The van der Waals surface area contributed by atoms with Gasteiger partial charge in [-0.2, -0.15) is 0 Å². The highest BCUT2D eigenvalue weighted by Crippen LogP contribution is 2.41. The minimum Gasteiger partial charge on any atom is -0.477 e. The number of fused-ring (bicyclic) bond motifs is 6. The van der Waals surface area contributed by atoms with Crippen LogP contribution in [-0.2, 0) is 0 Å². The fourth-order valence-corrected chi connectivity index (χ4v) is 7.19. The first kappa shape index (κ1) is 29.5. The summed E-state index contributed by atoms with van der Waals surface area (Å²) in [7, 11) is 0. The Bertz CT molecular complexity index is 1660. The highest BCUT2D eigenvalue weighted by Gasteiger charge is 2.41. The van der Waals surface area contributed by atoms with Gasteiger partial charge in [-0.05, 0) is 100 Å². The first-order valence-electron chi connectivity index (χ1n) is 15.9. The Morgan fingerprint density at radius 2 is 1.80 bits per heavy atom. The summed E-state index contributed by atoms with van der Waals surface area (Å²) in [5.74, 6) is 2.87. The smallest absolute Gasteiger partial charge is 0.265 e. The fraction of sp³-hybridized carbons (Fsp3) is 0.400. The minimum absolute atomic E-state index is 0.0118. The molecule has 232 valence electrons. The summed E-state index contributed by atoms with van der Waals surface area (Å²) in [6.45, 7) is 5.99. The molecule has 0 aromatic carbocycles. The SMILES string of the molecule is CC1(C)CC2CCC(c3ccccn3)Nc3cccc(n3)SNC(=O)c3ccc(-c4cccc(OCC5CCC5)n4)nc3N1C2. The Morgan fingerprint density at radius 1 is 0.933 bits per heavy atom. The summed E-state index contributed by atoms with van der Waals surface area (Å²) < 4.78 is 9.06. The summed E-state index contributed by atoms with van der Waals surface area (Å²) in [6, 6.07) is 21.4. The second-order valence-electron chi connectivity index (χ2n) is 13.0. The van der Waals surface area contributed by atoms with E-state index in [0.717, 1.165) is 43.0 Å². The quantitative estimate of drug-likeness (QED) is 0.226. The standard InChI is InChI=1S/C35H39N7O2S/c1-35(2)20-24-15-17-28(26-10-3-4-19-36-26)37-30-12-7-14-32(40-30)45-41-34(43)25-16-18-29(39-33(25)42(35)21-24)27-11-6-13-31(38-27)44-22-23-8-5-9-23/h3-4,6-7,10-14,16,18-19,23-24,28H,5,8-9,15,17,20-22H2,1-2H3,(H,37,40)(H,41,43). The molecular formula is C35H39N7O2S. The van der Waals surface area contributed by atoms with Crippen molar-refractivity contribution in [1.29, 1.82) is 0 Å². The molecule has 2 N–H and O–H groups in total. The number of aromatic nitrogens is 4. The lowest BCUT2D eigenvalue weighted by molar-refractivity contribution is 0.0984. The van der Waals surface area contributed by atoms with Crippen molar-refractivity contribution in [3.8, 4) is 17.3 Å². The van der Waals surface area contributed by atoms with Gasteiger partial charge in [-0.25, -0.2) is 15.0 Å². The molecular weight excluding hydrogens is 582 g/mol. The zero-order valence-corrected chi connectivity index (χ0v) is 26.6. The summed E-state index contributed by atoms with van der Waals surface area (Å²) in [5, 5.41) is 4.31. The Morgan fingerprint density at radius 3 is 2.62 bits per heavy atom. The van der Waals surface area contributed by atoms with Gasteiger partial charge >= 0.3 is 0 Å². The lowest BCUT2D eigenvalue weighted by atomic mass is 9.86. The predicted molar refractivity (Wildman–Crippen MR) is 177 cm³/mol. The Hall–Kier alpha value is -4.18. The molecule has 0 radical (unpaired) electrons. The van der Waals surface area contributed by atoms with Crippen LogP contribution < -0.4 is 19.7 Å². The van der Waals surface area contributed by atoms with Crippen molar-refractivity contribution in [3.63, 3.8) is 0 Å². The van der Waals surface area contributed by atoms with E-state index >= 15 is 0 Å². The highest BCUT2D eigenvalue weighted by atomic mass is 32.2. The van der Waals surface area contributed by atoms with Gasteiger partial charge in [-0.15, -0.1) is 0 Å². The van der Waals surface area contributed by atoms with Crippen molar-refractivity contribution in [2.24, 2.45) is 11.8 Å². The second kappa shape index (κ2) is 12.7. The summed E-state index contributed by atoms with van der Waals surface area (Å²) >= 11 is 1.20. The third-order valence-corrected chi connectivity index (χ3v) is 9.94. The molecule has 7 rings (SSSR count). The molecule has 1 saturated heterocycles. The number of nitrogens with one attached hydrogen (secondary N) is 2. The van der Waals surface area contributed by atoms with Crippen LogP contribution in [0.5, 0.6) is 5.88 Å². The van der Waals surface area contributed by atoms with Gasteiger partial charge in [0.1, 0.15) is 16.7 Å². The van der Waals surface area contributed by atoms with E-state index in [0.29, 0.717) is 46.4 Å². The van der Waals surface area contributed by atoms with E-state index in [9.17, 15) is 4.79 Å². The number of pyridine rings is 4. The Kier molecular flexibility index (Phi) is 8.31. The van der Waals surface area contributed by atoms with Crippen LogP contribution >= 0.6 is 11.9 Å². The molecule has 9 nitrogen and oxygen atoms in total. The van der Waals surface area contributed by atoms with E-state index in [2.05, 4.69) is 39.8 Å². The number of hydrogen-bond donors (Lipinski definition) is 2. The molecule has 4 bridgehead atoms. The average Bonchev–Trinajstić information content (AvgIpc) is 3.34. The molecule has 1 saturated carbocycles. The first-order valence-corrected chi connectivity index (χ1v) is 16.7. The topological polar surface area (TPSA) is 105 Å². The van der Waals surface area contributed by atoms with E-state index < -0.39 is 0 Å². The lowest BCUT2D eigenvalue weighted by Gasteiger charge is -2.34. The minimum atomic E-state index is -0.208. The molecule has 4 aromatic rings. The van der Waals surface area contributed by atoms with Crippen LogP contribution in [-0.4, -0.2) is 44.5 Å². The van der Waals surface area contributed by atoms with Crippen LogP contribution in [0.1, 0.15) is 74.5 Å². The zero-order chi connectivity index (χ0) is 30.8. The van der Waals surface area contributed by atoms with Gasteiger partial charge in [0.15, 0.2) is 0 Å². The monoisotopic (exact) mass is 621 g/mol. The van der Waals surface area contributed by atoms with E-state index in [1.165, 1.54) is 31.2 Å². The van der Waals surface area contributed by atoms with Gasteiger partial charge in [0.2, 0.25) is 5.88 Å². The molecule has 45 heavy (non-hydrogen) atoms. The maximum absolute atomic E-state index is 13.8. The molecule has 2 fully saturated rings. The zero-order valence-electron chi connectivity index (χ0n) is 25.8. The van der Waals surface area contributed by atoms with Gasteiger partial charge < -0.3 is 15.0 Å². The molecule has 6 heterocycles. The van der Waals surface area contributed by atoms with Crippen LogP contribution in [0, 0.1) is 11.8 Å². The van der Waals surface area contributed by atoms with E-state index in [4.69, 9.17) is 19.7 Å². The largest absolute Gasteiger partial charge is 0.477 e. The Labute approximate surface area is 268 Å². The number of amides is 1. The van der Waals surface area contributed by atoms with E-state index in [1.807, 2.05) is 66.9 Å². The average molecular weight is 622 g/mol. The molecule has 4 aromatic heterocycles. The van der Waals surface area contributed by atoms with Gasteiger partial charge in [0, 0.05) is 36.3 Å². The normalized spacial score (nSPS) is 21.4. The van der Waals surface area contributed by atoms with E-state index in [-0.39, 0.29) is 17.5 Å². The van der Waals surface area contributed by atoms with Gasteiger partial charge in [0.25, 0.3) is 5.91 Å². The molecule has 0 spiro atoms. The molecule has 3 aliphatic rings. The van der Waals surface area contributed by atoms with Crippen molar-refractivity contribution in [1.82, 2.24) is 24.7 Å². The highest BCUT2D eigenvalue weighted by molar-refractivity contribution is 7.97. The molecule has 2 unspecified atom stereocenters. The van der Waals surface area contributed by atoms with Gasteiger partial charge in [0.05, 0.1) is 35.3 Å². The number of nitrogens with zero attached hydrogens (tertiary/aromatic N) is 5. The summed E-state index contributed by atoms with van der Waals surface area (Å²) in [5.41, 5.74) is 2.78. The maximum Gasteiger partial charge on any atom is 0.265 e. The lowest BCUT2D eigenvalue weighted by Crippen LogP contribution is -2.40. The molecule has 1 amide bonds. The van der Waals surface area contributed by atoms with Crippen molar-refractivity contribution >= 4 is 29.5 Å². The second-order valence-corrected chi connectivity index (χ2v) is 13.8. The third-order valence-electron chi connectivity index (χ3n) is 9.22. The van der Waals surface area contributed by atoms with Crippen LogP contribution in [0.15, 0.2) is 78.0 Å². The van der Waals surface area contributed by atoms with Crippen LogP contribution in [0.25, 0.3) is 11.4 Å². The van der Waals surface area contributed by atoms with Crippen molar-refractivity contribution in [2.45, 2.75) is 69.0 Å². The summed E-state index contributed by atoms with van der Waals surface area (Å²) in [4.78, 5) is 35.5. The molecule has 2 atom stereocenters. The summed E-state index contributed by atoms with van der Waals surface area (Å²) in [6.07, 6.45) is 8.45. The maximum atomic E-state index is 13.8. The number of rotatable bonds is 5. The van der Waals surface area contributed by atoms with Crippen molar-refractivity contribution in [2.75, 3.05) is 23.4 Å².